The van der Waals surface area contributed by atoms with E-state index in [1.165, 1.54) is 11.9 Å². The van der Waals surface area contributed by atoms with Crippen LogP contribution in [-0.4, -0.2) is 44.9 Å². The molecular formula is C16H21N3O5S. The Bertz CT molecular complexity index is 687. The fourth-order valence-electron chi connectivity index (χ4n) is 3.58. The molecule has 1 aliphatic carbocycles. The highest BCUT2D eigenvalue weighted by Gasteiger charge is 2.47. The molecule has 9 heteroatoms. The molecule has 0 aromatic carbocycles. The predicted octanol–water partition coefficient (Wildman–Crippen LogP) is 1.23. The van der Waals surface area contributed by atoms with Gasteiger partial charge in [-0.15, -0.1) is 4.41 Å². The van der Waals surface area contributed by atoms with Gasteiger partial charge in [0.1, 0.15) is 18.2 Å². The Kier molecular flexibility index (Phi) is 5.05. The number of carboxylic acids is 1. The van der Waals surface area contributed by atoms with E-state index in [9.17, 15) is 19.5 Å². The number of carbonyl (C=O) groups is 3. The molecule has 0 radical (unpaired) electrons. The van der Waals surface area contributed by atoms with E-state index in [1.54, 1.807) is 4.41 Å². The van der Waals surface area contributed by atoms with Crippen LogP contribution in [0, 0.1) is 5.92 Å². The molecule has 2 aliphatic heterocycles. The van der Waals surface area contributed by atoms with Crippen LogP contribution >= 0.6 is 11.9 Å². The van der Waals surface area contributed by atoms with Crippen molar-refractivity contribution in [2.75, 3.05) is 6.54 Å². The van der Waals surface area contributed by atoms with Gasteiger partial charge in [0.2, 0.25) is 5.88 Å². The molecule has 4 N–H and O–H groups in total. The number of rotatable bonds is 5. The van der Waals surface area contributed by atoms with Gasteiger partial charge in [0.05, 0.1) is 0 Å². The number of nitrogens with zero attached hydrogens (tertiary/aromatic N) is 1. The number of hydrogen-bond acceptors (Lipinski definition) is 7. The molecule has 0 saturated heterocycles. The Morgan fingerprint density at radius 1 is 1.44 bits per heavy atom. The smallest absolute Gasteiger partial charge is 0.322 e. The van der Waals surface area contributed by atoms with Crippen molar-refractivity contribution in [2.45, 2.75) is 45.1 Å². The number of ketones is 1. The van der Waals surface area contributed by atoms with Crippen LogP contribution in [0.25, 0.3) is 0 Å². The third-order valence-electron chi connectivity index (χ3n) is 4.70. The first kappa shape index (κ1) is 17.8. The molecule has 136 valence electrons. The lowest BCUT2D eigenvalue weighted by Gasteiger charge is -2.30. The summed E-state index contributed by atoms with van der Waals surface area (Å²) in [5.74, 6) is -2.53. The van der Waals surface area contributed by atoms with E-state index < -0.39 is 41.7 Å². The molecule has 2 atom stereocenters. The SMILES string of the molecule is CCCC1CCC2=C(C1)SN1NC(O)=C(C(=O)NCC(=O)O)C(=O)C21. The number of aliphatic hydroxyl groups excluding tert-OH is 1. The van der Waals surface area contributed by atoms with E-state index in [-0.39, 0.29) is 0 Å². The van der Waals surface area contributed by atoms with Crippen LogP contribution in [0.2, 0.25) is 0 Å². The third kappa shape index (κ3) is 3.38. The fourth-order valence-corrected chi connectivity index (χ4v) is 4.92. The zero-order chi connectivity index (χ0) is 18.1. The Labute approximate surface area is 149 Å². The molecule has 0 aromatic rings. The molecule has 3 rings (SSSR count). The molecule has 25 heavy (non-hydrogen) atoms. The van der Waals surface area contributed by atoms with Gasteiger partial charge in [-0.05, 0) is 42.7 Å². The van der Waals surface area contributed by atoms with E-state index in [1.807, 2.05) is 0 Å². The highest BCUT2D eigenvalue weighted by atomic mass is 32.2. The molecule has 2 unspecified atom stereocenters. The van der Waals surface area contributed by atoms with Crippen molar-refractivity contribution in [1.82, 2.24) is 15.2 Å². The minimum absolute atomic E-state index is 0.410. The summed E-state index contributed by atoms with van der Waals surface area (Å²) in [6, 6.07) is -0.621. The lowest BCUT2D eigenvalue weighted by molar-refractivity contribution is -0.138. The van der Waals surface area contributed by atoms with Gasteiger partial charge >= 0.3 is 5.97 Å². The van der Waals surface area contributed by atoms with Gasteiger partial charge in [-0.3, -0.25) is 19.8 Å². The van der Waals surface area contributed by atoms with Crippen LogP contribution in [0.1, 0.15) is 39.0 Å². The number of carboxylic acid groups (broad SMARTS) is 1. The normalized spacial score (nSPS) is 26.2. The molecule has 0 spiro atoms. The summed E-state index contributed by atoms with van der Waals surface area (Å²) >= 11 is 1.41. The summed E-state index contributed by atoms with van der Waals surface area (Å²) in [4.78, 5) is 36.7. The summed E-state index contributed by atoms with van der Waals surface area (Å²) in [6.45, 7) is 1.54. The zero-order valence-electron chi connectivity index (χ0n) is 13.9. The van der Waals surface area contributed by atoms with Crippen molar-refractivity contribution < 1.29 is 24.6 Å². The van der Waals surface area contributed by atoms with Crippen molar-refractivity contribution in [3.63, 3.8) is 0 Å². The molecular weight excluding hydrogens is 346 g/mol. The Morgan fingerprint density at radius 3 is 2.88 bits per heavy atom. The molecule has 1 amide bonds. The molecule has 0 saturated carbocycles. The van der Waals surface area contributed by atoms with Crippen LogP contribution < -0.4 is 10.7 Å². The maximum Gasteiger partial charge on any atom is 0.322 e. The highest BCUT2D eigenvalue weighted by molar-refractivity contribution is 8.01. The maximum absolute atomic E-state index is 12.8. The van der Waals surface area contributed by atoms with E-state index in [2.05, 4.69) is 17.7 Å². The number of fused-ring (bicyclic) bond motifs is 2. The lowest BCUT2D eigenvalue weighted by Crippen LogP contribution is -2.51. The first-order valence-corrected chi connectivity index (χ1v) is 9.12. The Hall–Kier alpha value is -2.00. The Balaban J connectivity index is 1.79. The van der Waals surface area contributed by atoms with Gasteiger partial charge in [0, 0.05) is 4.91 Å². The first-order valence-electron chi connectivity index (χ1n) is 8.35. The zero-order valence-corrected chi connectivity index (χ0v) is 14.7. The number of hydrogen-bond donors (Lipinski definition) is 4. The number of nitrogens with one attached hydrogen (secondary N) is 2. The first-order chi connectivity index (χ1) is 11.9. The van der Waals surface area contributed by atoms with Crippen LogP contribution in [0.15, 0.2) is 21.9 Å². The van der Waals surface area contributed by atoms with E-state index in [4.69, 9.17) is 5.11 Å². The molecule has 2 heterocycles. The third-order valence-corrected chi connectivity index (χ3v) is 5.85. The topological polar surface area (TPSA) is 119 Å². The largest absolute Gasteiger partial charge is 0.493 e. The van der Waals surface area contributed by atoms with Crippen molar-refractivity contribution in [3.05, 3.63) is 21.9 Å². The number of amides is 1. The summed E-state index contributed by atoms with van der Waals surface area (Å²) in [5.41, 5.74) is 3.29. The molecule has 8 nitrogen and oxygen atoms in total. The standard InChI is InChI=1S/C16H21N3O5S/c1-2-3-8-4-5-9-10(6-8)25-19-13(9)14(22)12(16(24)18-19)15(23)17-7-11(20)21/h8,13,18,24H,2-7H2,1H3,(H,17,23)(H,20,21). The second kappa shape index (κ2) is 7.09. The number of allylic oxidation sites excluding steroid dienone is 1. The number of Topliss-reactive ketones (excluding diaryl/α,β-unsaturated/α-hetero) is 1. The summed E-state index contributed by atoms with van der Waals surface area (Å²) in [7, 11) is 0. The molecule has 3 aliphatic rings. The Morgan fingerprint density at radius 2 is 2.20 bits per heavy atom. The van der Waals surface area contributed by atoms with Gasteiger partial charge < -0.3 is 15.5 Å². The second-order valence-corrected chi connectivity index (χ2v) is 7.51. The van der Waals surface area contributed by atoms with Crippen molar-refractivity contribution in [3.8, 4) is 0 Å². The summed E-state index contributed by atoms with van der Waals surface area (Å²) < 4.78 is 1.59. The second-order valence-electron chi connectivity index (χ2n) is 6.44. The predicted molar refractivity (Wildman–Crippen MR) is 90.9 cm³/mol. The van der Waals surface area contributed by atoms with Gasteiger partial charge in [-0.25, -0.2) is 0 Å². The summed E-state index contributed by atoms with van der Waals surface area (Å²) in [5, 5.41) is 20.8. The van der Waals surface area contributed by atoms with Crippen molar-refractivity contribution in [2.24, 2.45) is 5.92 Å². The molecule has 0 aromatic heterocycles. The molecule has 0 fully saturated rings. The van der Waals surface area contributed by atoms with Crippen LogP contribution in [0.5, 0.6) is 0 Å². The molecule has 0 bridgehead atoms. The number of aliphatic carboxylic acids is 1. The highest BCUT2D eigenvalue weighted by Crippen LogP contribution is 2.48. The maximum atomic E-state index is 12.8. The van der Waals surface area contributed by atoms with Gasteiger partial charge in [0.25, 0.3) is 5.91 Å². The van der Waals surface area contributed by atoms with E-state index in [0.717, 1.165) is 42.6 Å². The fraction of sp³-hybridized carbons (Fsp3) is 0.562. The van der Waals surface area contributed by atoms with Crippen LogP contribution in [-0.2, 0) is 14.4 Å². The number of aliphatic hydroxyl groups is 1. The minimum atomic E-state index is -1.22. The van der Waals surface area contributed by atoms with Gasteiger partial charge in [-0.1, -0.05) is 19.8 Å². The van der Waals surface area contributed by atoms with Gasteiger partial charge in [0.15, 0.2) is 5.78 Å². The number of carbonyl (C=O) groups excluding carboxylic acids is 2. The average molecular weight is 367 g/mol. The number of hydrazine groups is 1. The van der Waals surface area contributed by atoms with Crippen molar-refractivity contribution in [1.29, 1.82) is 0 Å². The van der Waals surface area contributed by atoms with Gasteiger partial charge in [-0.2, -0.15) is 0 Å². The van der Waals surface area contributed by atoms with E-state index in [0.29, 0.717) is 5.92 Å². The van der Waals surface area contributed by atoms with Crippen LogP contribution in [0.3, 0.4) is 0 Å². The van der Waals surface area contributed by atoms with E-state index >= 15 is 0 Å². The lowest BCUT2D eigenvalue weighted by atomic mass is 9.82. The minimum Gasteiger partial charge on any atom is -0.493 e. The van der Waals surface area contributed by atoms with Crippen molar-refractivity contribution >= 4 is 29.6 Å². The average Bonchev–Trinajstić information content (AvgIpc) is 2.90. The monoisotopic (exact) mass is 367 g/mol. The summed E-state index contributed by atoms with van der Waals surface area (Å²) in [6.07, 6.45) is 5.00. The van der Waals surface area contributed by atoms with Crippen LogP contribution in [0.4, 0.5) is 0 Å². The quantitative estimate of drug-likeness (QED) is 0.423.